The van der Waals surface area contributed by atoms with E-state index in [0.29, 0.717) is 6.54 Å². The quantitative estimate of drug-likeness (QED) is 0.906. The molecule has 1 heterocycles. The summed E-state index contributed by atoms with van der Waals surface area (Å²) in [6.07, 6.45) is 0. The van der Waals surface area contributed by atoms with Crippen LogP contribution in [0.2, 0.25) is 0 Å². The van der Waals surface area contributed by atoms with Crippen molar-refractivity contribution >= 4 is 33.2 Å². The number of rotatable bonds is 3. The summed E-state index contributed by atoms with van der Waals surface area (Å²) >= 11 is 5.09. The maximum absolute atomic E-state index is 12.1. The molecule has 2 rings (SSSR count). The summed E-state index contributed by atoms with van der Waals surface area (Å²) in [5.74, 6) is -0.0279. The predicted molar refractivity (Wildman–Crippen MR) is 79.1 cm³/mol. The van der Waals surface area contributed by atoms with Crippen molar-refractivity contribution in [2.75, 3.05) is 0 Å². The molecule has 0 fully saturated rings. The number of benzene rings is 1. The van der Waals surface area contributed by atoms with Gasteiger partial charge in [0.05, 0.1) is 6.54 Å². The van der Waals surface area contributed by atoms with E-state index in [1.54, 1.807) is 11.3 Å². The van der Waals surface area contributed by atoms with Gasteiger partial charge in [-0.05, 0) is 43.7 Å². The molecule has 0 bridgehead atoms. The largest absolute Gasteiger partial charge is 0.347 e. The summed E-state index contributed by atoms with van der Waals surface area (Å²) in [5.41, 5.74) is 1.70. The monoisotopic (exact) mass is 323 g/mol. The number of hydrogen-bond acceptors (Lipinski definition) is 2. The zero-order valence-electron chi connectivity index (χ0n) is 10.3. The number of nitrogens with one attached hydrogen (secondary N) is 1. The van der Waals surface area contributed by atoms with E-state index in [4.69, 9.17) is 0 Å². The minimum atomic E-state index is -0.0279. The van der Waals surface area contributed by atoms with Crippen molar-refractivity contribution in [2.45, 2.75) is 20.4 Å². The Bertz CT molecular complexity index is 577. The highest BCUT2D eigenvalue weighted by Crippen LogP contribution is 2.17. The maximum atomic E-state index is 12.1. The first-order chi connectivity index (χ1) is 8.56. The first-order valence-electron chi connectivity index (χ1n) is 5.66. The van der Waals surface area contributed by atoms with Crippen LogP contribution in [0.1, 0.15) is 25.7 Å². The van der Waals surface area contributed by atoms with Crippen LogP contribution in [0.4, 0.5) is 0 Å². The first kappa shape index (κ1) is 13.3. The van der Waals surface area contributed by atoms with Crippen LogP contribution in [-0.2, 0) is 6.54 Å². The molecule has 0 radical (unpaired) electrons. The average molecular weight is 324 g/mol. The van der Waals surface area contributed by atoms with Crippen LogP contribution >= 0.6 is 27.3 Å². The lowest BCUT2D eigenvalue weighted by Gasteiger charge is -2.07. The third kappa shape index (κ3) is 3.21. The molecule has 0 saturated heterocycles. The zero-order valence-corrected chi connectivity index (χ0v) is 12.7. The Hall–Kier alpha value is -1.13. The highest BCUT2D eigenvalue weighted by molar-refractivity contribution is 9.10. The molecule has 94 valence electrons. The number of halogens is 1. The van der Waals surface area contributed by atoms with Crippen molar-refractivity contribution in [3.05, 3.63) is 55.7 Å². The van der Waals surface area contributed by atoms with Crippen LogP contribution in [0, 0.1) is 13.8 Å². The molecule has 2 aromatic rings. The van der Waals surface area contributed by atoms with E-state index >= 15 is 0 Å². The second-order valence-electron chi connectivity index (χ2n) is 4.15. The van der Waals surface area contributed by atoms with Crippen molar-refractivity contribution in [1.82, 2.24) is 5.32 Å². The van der Waals surface area contributed by atoms with Gasteiger partial charge in [-0.15, -0.1) is 11.3 Å². The number of carbonyl (C=O) groups excluding carboxylic acids is 1. The fraction of sp³-hybridized carbons (Fsp3) is 0.214. The van der Waals surface area contributed by atoms with Gasteiger partial charge in [-0.2, -0.15) is 0 Å². The van der Waals surface area contributed by atoms with Crippen molar-refractivity contribution in [2.24, 2.45) is 0 Å². The van der Waals surface area contributed by atoms with Gasteiger partial charge in [0.25, 0.3) is 5.91 Å². The topological polar surface area (TPSA) is 29.1 Å². The third-order valence-corrected chi connectivity index (χ3v) is 4.16. The lowest BCUT2D eigenvalue weighted by Crippen LogP contribution is -2.23. The van der Waals surface area contributed by atoms with E-state index in [2.05, 4.69) is 34.2 Å². The molecule has 0 spiro atoms. The Morgan fingerprint density at radius 3 is 2.72 bits per heavy atom. The van der Waals surface area contributed by atoms with E-state index in [1.165, 1.54) is 9.75 Å². The Morgan fingerprint density at radius 2 is 2.06 bits per heavy atom. The first-order valence-corrected chi connectivity index (χ1v) is 7.27. The third-order valence-electron chi connectivity index (χ3n) is 2.66. The van der Waals surface area contributed by atoms with Crippen molar-refractivity contribution < 1.29 is 4.79 Å². The summed E-state index contributed by atoms with van der Waals surface area (Å²) in [5, 5.41) is 2.95. The number of carbonyl (C=O) groups is 1. The minimum absolute atomic E-state index is 0.0279. The van der Waals surface area contributed by atoms with Crippen LogP contribution in [0.3, 0.4) is 0 Å². The summed E-state index contributed by atoms with van der Waals surface area (Å²) in [4.78, 5) is 14.5. The maximum Gasteiger partial charge on any atom is 0.251 e. The molecule has 2 nitrogen and oxygen atoms in total. The molecule has 0 unspecified atom stereocenters. The summed E-state index contributed by atoms with van der Waals surface area (Å²) < 4.78 is 0.921. The molecule has 1 amide bonds. The van der Waals surface area contributed by atoms with E-state index in [-0.39, 0.29) is 5.91 Å². The molecule has 0 aliphatic carbocycles. The number of aryl methyl sites for hydroxylation is 2. The van der Waals surface area contributed by atoms with E-state index < -0.39 is 0 Å². The average Bonchev–Trinajstić information content (AvgIpc) is 2.75. The molecular formula is C14H14BrNOS. The number of hydrogen-bond donors (Lipinski definition) is 1. The lowest BCUT2D eigenvalue weighted by molar-refractivity contribution is 0.0950. The van der Waals surface area contributed by atoms with Crippen LogP contribution in [0.25, 0.3) is 0 Å². The summed E-state index contributed by atoms with van der Waals surface area (Å²) in [6.45, 7) is 4.59. The molecule has 1 aromatic carbocycles. The molecular weight excluding hydrogens is 310 g/mol. The molecule has 0 aliphatic heterocycles. The Balaban J connectivity index is 2.05. The molecule has 4 heteroatoms. The highest BCUT2D eigenvalue weighted by atomic mass is 79.9. The fourth-order valence-corrected chi connectivity index (χ4v) is 2.87. The van der Waals surface area contributed by atoms with E-state index in [1.807, 2.05) is 31.2 Å². The summed E-state index contributed by atoms with van der Waals surface area (Å²) in [6, 6.07) is 9.85. The van der Waals surface area contributed by atoms with Gasteiger partial charge in [-0.3, -0.25) is 4.79 Å². The minimum Gasteiger partial charge on any atom is -0.347 e. The van der Waals surface area contributed by atoms with Gasteiger partial charge in [0, 0.05) is 19.8 Å². The van der Waals surface area contributed by atoms with Gasteiger partial charge in [-0.1, -0.05) is 22.0 Å². The summed E-state index contributed by atoms with van der Waals surface area (Å²) in [7, 11) is 0. The molecule has 18 heavy (non-hydrogen) atoms. The number of amides is 1. The normalized spacial score (nSPS) is 10.4. The van der Waals surface area contributed by atoms with Crippen molar-refractivity contribution in [3.8, 4) is 0 Å². The van der Waals surface area contributed by atoms with Crippen molar-refractivity contribution in [1.29, 1.82) is 0 Å². The van der Waals surface area contributed by atoms with Gasteiger partial charge < -0.3 is 5.32 Å². The van der Waals surface area contributed by atoms with Gasteiger partial charge in [0.1, 0.15) is 0 Å². The van der Waals surface area contributed by atoms with Crippen LogP contribution < -0.4 is 5.32 Å². The molecule has 1 N–H and O–H groups in total. The standard InChI is InChI=1S/C14H14BrNOS/c1-9-3-5-11(15)7-13(9)14(17)16-8-12-6-4-10(2)18-12/h3-7H,8H2,1-2H3,(H,16,17). The SMILES string of the molecule is Cc1ccc(CNC(=O)c2cc(Br)ccc2C)s1. The molecule has 0 atom stereocenters. The van der Waals surface area contributed by atoms with Crippen molar-refractivity contribution in [3.63, 3.8) is 0 Å². The smallest absolute Gasteiger partial charge is 0.251 e. The van der Waals surface area contributed by atoms with Gasteiger partial charge in [0.2, 0.25) is 0 Å². The Labute approximate surface area is 119 Å². The highest BCUT2D eigenvalue weighted by Gasteiger charge is 2.09. The molecule has 0 aliphatic rings. The molecule has 0 saturated carbocycles. The molecule has 1 aromatic heterocycles. The Kier molecular flexibility index (Phi) is 4.19. The van der Waals surface area contributed by atoms with E-state index in [9.17, 15) is 4.79 Å². The number of thiophene rings is 1. The lowest BCUT2D eigenvalue weighted by atomic mass is 10.1. The predicted octanol–water partition coefficient (Wildman–Crippen LogP) is 4.06. The van der Waals surface area contributed by atoms with Crippen LogP contribution in [-0.4, -0.2) is 5.91 Å². The van der Waals surface area contributed by atoms with Gasteiger partial charge >= 0.3 is 0 Å². The van der Waals surface area contributed by atoms with E-state index in [0.717, 1.165) is 15.6 Å². The van der Waals surface area contributed by atoms with Crippen LogP contribution in [0.5, 0.6) is 0 Å². The Morgan fingerprint density at radius 1 is 1.28 bits per heavy atom. The van der Waals surface area contributed by atoms with Gasteiger partial charge in [-0.25, -0.2) is 0 Å². The fourth-order valence-electron chi connectivity index (χ4n) is 1.68. The second kappa shape index (κ2) is 5.67. The zero-order chi connectivity index (χ0) is 13.1. The van der Waals surface area contributed by atoms with Crippen LogP contribution in [0.15, 0.2) is 34.8 Å². The second-order valence-corrected chi connectivity index (χ2v) is 6.44. The van der Waals surface area contributed by atoms with Gasteiger partial charge in [0.15, 0.2) is 0 Å².